The fourth-order valence-corrected chi connectivity index (χ4v) is 4.37. The number of ketones is 1. The van der Waals surface area contributed by atoms with E-state index in [9.17, 15) is 14.4 Å². The van der Waals surface area contributed by atoms with Gasteiger partial charge in [0.1, 0.15) is 11.4 Å². The Labute approximate surface area is 199 Å². The number of thioether (sulfide) groups is 1. The molecule has 4 aromatic rings. The van der Waals surface area contributed by atoms with Crippen molar-refractivity contribution < 1.29 is 4.79 Å². The molecule has 0 atom stereocenters. The lowest BCUT2D eigenvalue weighted by Crippen LogP contribution is -2.42. The van der Waals surface area contributed by atoms with Crippen molar-refractivity contribution in [2.24, 2.45) is 7.05 Å². The highest BCUT2D eigenvalue weighted by Gasteiger charge is 2.23. The summed E-state index contributed by atoms with van der Waals surface area (Å²) >= 11 is 1.14. The molecule has 0 saturated heterocycles. The third-order valence-electron chi connectivity index (χ3n) is 5.23. The van der Waals surface area contributed by atoms with Crippen LogP contribution in [0.3, 0.4) is 0 Å². The maximum atomic E-state index is 13.1. The largest absolute Gasteiger partial charge is 0.384 e. The van der Waals surface area contributed by atoms with E-state index in [0.717, 1.165) is 27.6 Å². The number of benzene rings is 1. The van der Waals surface area contributed by atoms with E-state index in [2.05, 4.69) is 15.2 Å². The van der Waals surface area contributed by atoms with Crippen LogP contribution in [-0.4, -0.2) is 40.4 Å². The number of anilines is 1. The molecule has 0 aliphatic rings. The van der Waals surface area contributed by atoms with Crippen LogP contribution >= 0.6 is 11.8 Å². The summed E-state index contributed by atoms with van der Waals surface area (Å²) in [5.41, 5.74) is 6.29. The van der Waals surface area contributed by atoms with E-state index in [1.54, 1.807) is 12.4 Å². The van der Waals surface area contributed by atoms with E-state index in [1.165, 1.54) is 11.6 Å². The summed E-state index contributed by atoms with van der Waals surface area (Å²) in [6, 6.07) is 13.2. The first-order chi connectivity index (χ1) is 16.4. The molecule has 4 rings (SSSR count). The summed E-state index contributed by atoms with van der Waals surface area (Å²) in [4.78, 5) is 42.3. The van der Waals surface area contributed by atoms with E-state index in [4.69, 9.17) is 5.73 Å². The molecule has 3 aromatic heterocycles. The number of nitrogen functional groups attached to an aromatic ring is 1. The topological polar surface area (TPSA) is 131 Å². The van der Waals surface area contributed by atoms with Crippen molar-refractivity contribution in [1.29, 1.82) is 0 Å². The quantitative estimate of drug-likeness (QED) is 0.302. The molecule has 2 N–H and O–H groups in total. The van der Waals surface area contributed by atoms with Crippen LogP contribution in [0, 0.1) is 0 Å². The highest BCUT2D eigenvalue weighted by molar-refractivity contribution is 7.99. The van der Waals surface area contributed by atoms with Crippen LogP contribution in [0.15, 0.2) is 69.6 Å². The second-order valence-electron chi connectivity index (χ2n) is 7.48. The van der Waals surface area contributed by atoms with Crippen LogP contribution in [0.5, 0.6) is 0 Å². The summed E-state index contributed by atoms with van der Waals surface area (Å²) in [6.07, 6.45) is 3.96. The smallest absolute Gasteiger partial charge is 0.332 e. The average molecular weight is 478 g/mol. The van der Waals surface area contributed by atoms with E-state index < -0.39 is 17.0 Å². The minimum absolute atomic E-state index is 0.106. The van der Waals surface area contributed by atoms with Crippen LogP contribution in [-0.2, 0) is 13.6 Å². The number of pyridine rings is 1. The first-order valence-electron chi connectivity index (χ1n) is 10.6. The monoisotopic (exact) mass is 477 g/mol. The first-order valence-corrected chi connectivity index (χ1v) is 11.6. The van der Waals surface area contributed by atoms with Crippen molar-refractivity contribution >= 4 is 23.4 Å². The second-order valence-corrected chi connectivity index (χ2v) is 8.43. The summed E-state index contributed by atoms with van der Waals surface area (Å²) in [5.74, 6) is -0.107. The van der Waals surface area contributed by atoms with Gasteiger partial charge in [-0.3, -0.25) is 28.3 Å². The van der Waals surface area contributed by atoms with Crippen molar-refractivity contribution in [3.05, 3.63) is 81.3 Å². The molecule has 0 saturated carbocycles. The van der Waals surface area contributed by atoms with Gasteiger partial charge in [0.15, 0.2) is 16.8 Å². The number of nitrogens with two attached hydrogens (primary N) is 1. The summed E-state index contributed by atoms with van der Waals surface area (Å²) in [7, 11) is 1.34. The fraction of sp³-hybridized carbons (Fsp3) is 0.217. The number of nitrogens with zero attached hydrogens (tertiary/aromatic N) is 6. The van der Waals surface area contributed by atoms with Crippen LogP contribution < -0.4 is 17.0 Å². The molecule has 174 valence electrons. The number of para-hydroxylation sites is 1. The number of carbonyl (C=O) groups excluding carboxylic acids is 1. The van der Waals surface area contributed by atoms with Crippen LogP contribution in [0.4, 0.5) is 5.82 Å². The maximum absolute atomic E-state index is 13.1. The number of carbonyl (C=O) groups is 1. The van der Waals surface area contributed by atoms with Gasteiger partial charge < -0.3 is 5.73 Å². The maximum Gasteiger partial charge on any atom is 0.332 e. The third-order valence-corrected chi connectivity index (χ3v) is 6.16. The normalized spacial score (nSPS) is 11.0. The molecule has 0 fully saturated rings. The number of aromatic nitrogens is 6. The van der Waals surface area contributed by atoms with Gasteiger partial charge in [-0.25, -0.2) is 4.79 Å². The molecule has 0 spiro atoms. The van der Waals surface area contributed by atoms with Crippen LogP contribution in [0.2, 0.25) is 0 Å². The van der Waals surface area contributed by atoms with Crippen molar-refractivity contribution in [3.8, 4) is 17.1 Å². The minimum Gasteiger partial charge on any atom is -0.384 e. The molecular weight excluding hydrogens is 454 g/mol. The van der Waals surface area contributed by atoms with Crippen molar-refractivity contribution in [2.75, 3.05) is 11.5 Å². The fourth-order valence-electron chi connectivity index (χ4n) is 3.55. The Morgan fingerprint density at radius 3 is 2.44 bits per heavy atom. The molecule has 34 heavy (non-hydrogen) atoms. The Morgan fingerprint density at radius 2 is 1.76 bits per heavy atom. The summed E-state index contributed by atoms with van der Waals surface area (Å²) < 4.78 is 4.01. The van der Waals surface area contributed by atoms with Gasteiger partial charge in [-0.05, 0) is 30.7 Å². The van der Waals surface area contributed by atoms with E-state index >= 15 is 0 Å². The lowest BCUT2D eigenvalue weighted by Gasteiger charge is -2.14. The van der Waals surface area contributed by atoms with Crippen LogP contribution in [0.25, 0.3) is 17.1 Å². The lowest BCUT2D eigenvalue weighted by atomic mass is 10.2. The Hall–Kier alpha value is -3.99. The Balaban J connectivity index is 1.71. The Bertz CT molecular complexity index is 1440. The van der Waals surface area contributed by atoms with Crippen molar-refractivity contribution in [2.45, 2.75) is 25.0 Å². The standard InChI is InChI=1S/C23H23N7O3S/c1-3-13-29-19(24)18(21(32)28(2)23(29)33)17(31)14-34-22-27-26-20(15-9-11-25-12-10-15)30(22)16-7-5-4-6-8-16/h4-12H,3,13-14,24H2,1-2H3. The third kappa shape index (κ3) is 4.29. The van der Waals surface area contributed by atoms with Gasteiger partial charge in [0.2, 0.25) is 0 Å². The number of rotatable bonds is 8. The summed E-state index contributed by atoms with van der Waals surface area (Å²) in [6.45, 7) is 2.19. The lowest BCUT2D eigenvalue weighted by molar-refractivity contribution is 0.102. The predicted octanol–water partition coefficient (Wildman–Crippen LogP) is 2.16. The number of Topliss-reactive ketones (excluding diaryl/α,β-unsaturated/α-hetero) is 1. The van der Waals surface area contributed by atoms with E-state index in [1.807, 2.05) is 54.0 Å². The molecule has 11 heteroatoms. The molecule has 0 radical (unpaired) electrons. The summed E-state index contributed by atoms with van der Waals surface area (Å²) in [5, 5.41) is 9.10. The molecule has 0 aliphatic heterocycles. The zero-order chi connectivity index (χ0) is 24.2. The highest BCUT2D eigenvalue weighted by Crippen LogP contribution is 2.28. The molecule has 1 aromatic carbocycles. The van der Waals surface area contributed by atoms with Gasteiger partial charge in [-0.15, -0.1) is 10.2 Å². The van der Waals surface area contributed by atoms with E-state index in [0.29, 0.717) is 23.9 Å². The van der Waals surface area contributed by atoms with Gasteiger partial charge >= 0.3 is 5.69 Å². The second kappa shape index (κ2) is 9.87. The minimum atomic E-state index is -0.706. The van der Waals surface area contributed by atoms with Crippen molar-refractivity contribution in [1.82, 2.24) is 28.9 Å². The molecule has 0 bridgehead atoms. The zero-order valence-electron chi connectivity index (χ0n) is 18.7. The predicted molar refractivity (Wildman–Crippen MR) is 130 cm³/mol. The van der Waals surface area contributed by atoms with Crippen LogP contribution in [0.1, 0.15) is 23.7 Å². The Morgan fingerprint density at radius 1 is 1.06 bits per heavy atom. The SMILES string of the molecule is CCCn1c(N)c(C(=O)CSc2nnc(-c3ccncc3)n2-c2ccccc2)c(=O)n(C)c1=O. The molecule has 0 unspecified atom stereocenters. The molecule has 10 nitrogen and oxygen atoms in total. The van der Waals surface area contributed by atoms with E-state index in [-0.39, 0.29) is 17.1 Å². The van der Waals surface area contributed by atoms with Gasteiger partial charge in [0, 0.05) is 37.2 Å². The average Bonchev–Trinajstić information content (AvgIpc) is 3.29. The first kappa shape index (κ1) is 23.2. The molecule has 0 aliphatic carbocycles. The number of hydrogen-bond donors (Lipinski definition) is 1. The molecule has 3 heterocycles. The van der Waals surface area contributed by atoms with Gasteiger partial charge in [-0.2, -0.15) is 0 Å². The van der Waals surface area contributed by atoms with Gasteiger partial charge in [0.25, 0.3) is 5.56 Å². The number of hydrogen-bond acceptors (Lipinski definition) is 8. The Kier molecular flexibility index (Phi) is 6.73. The van der Waals surface area contributed by atoms with Crippen molar-refractivity contribution in [3.63, 3.8) is 0 Å². The van der Waals surface area contributed by atoms with Gasteiger partial charge in [0.05, 0.1) is 5.75 Å². The highest BCUT2D eigenvalue weighted by atomic mass is 32.2. The van der Waals surface area contributed by atoms with Gasteiger partial charge in [-0.1, -0.05) is 36.9 Å². The zero-order valence-corrected chi connectivity index (χ0v) is 19.5. The molecular formula is C23H23N7O3S. The molecule has 0 amide bonds.